The summed E-state index contributed by atoms with van der Waals surface area (Å²) in [5, 5.41) is 0. The predicted molar refractivity (Wildman–Crippen MR) is 157 cm³/mol. The molecule has 0 N–H and O–H groups in total. The fourth-order valence-electron chi connectivity index (χ4n) is 5.67. The number of benzene rings is 4. The van der Waals surface area contributed by atoms with Crippen molar-refractivity contribution in [3.63, 3.8) is 0 Å². The van der Waals surface area contributed by atoms with E-state index in [0.717, 1.165) is 35.7 Å². The number of rotatable bonds is 6. The number of carbonyl (C=O) groups excluding carboxylic acids is 2. The standard InChI is InChI=1S/C34H33N3O3/c1-25-12-17-31-30(22-25)37(32(38)24-40-31)23-26-13-15-29(16-14-26)34(39)36-20-18-35(19-21-36)33(27-8-4-2-5-9-27)28-10-6-3-7-11-28/h2-17,22,33H,18-21,23-24H2,1H3. The van der Waals surface area contributed by atoms with E-state index in [1.165, 1.54) is 11.1 Å². The van der Waals surface area contributed by atoms with Gasteiger partial charge < -0.3 is 14.5 Å². The van der Waals surface area contributed by atoms with Crippen molar-refractivity contribution in [2.75, 3.05) is 37.7 Å². The summed E-state index contributed by atoms with van der Waals surface area (Å²) in [5.41, 5.74) is 6.03. The zero-order valence-electron chi connectivity index (χ0n) is 22.7. The fourth-order valence-corrected chi connectivity index (χ4v) is 5.67. The van der Waals surface area contributed by atoms with Crippen LogP contribution < -0.4 is 9.64 Å². The number of piperazine rings is 1. The molecule has 2 heterocycles. The Morgan fingerprint density at radius 2 is 1.43 bits per heavy atom. The fraction of sp³-hybridized carbons (Fsp3) is 0.235. The number of hydrogen-bond acceptors (Lipinski definition) is 4. The molecule has 4 aromatic rings. The highest BCUT2D eigenvalue weighted by atomic mass is 16.5. The van der Waals surface area contributed by atoms with Gasteiger partial charge >= 0.3 is 0 Å². The lowest BCUT2D eigenvalue weighted by molar-refractivity contribution is -0.121. The Morgan fingerprint density at radius 3 is 2.05 bits per heavy atom. The summed E-state index contributed by atoms with van der Waals surface area (Å²) in [7, 11) is 0. The van der Waals surface area contributed by atoms with E-state index in [-0.39, 0.29) is 24.5 Å². The average molecular weight is 532 g/mol. The van der Waals surface area contributed by atoms with Gasteiger partial charge in [0.15, 0.2) is 6.61 Å². The molecule has 2 aliphatic heterocycles. The lowest BCUT2D eigenvalue weighted by Crippen LogP contribution is -2.49. The zero-order chi connectivity index (χ0) is 27.5. The molecule has 1 saturated heterocycles. The van der Waals surface area contributed by atoms with Crippen LogP contribution in [0.15, 0.2) is 103 Å². The van der Waals surface area contributed by atoms with Gasteiger partial charge in [-0.3, -0.25) is 14.5 Å². The molecule has 0 unspecified atom stereocenters. The van der Waals surface area contributed by atoms with Crippen molar-refractivity contribution in [3.05, 3.63) is 131 Å². The number of fused-ring (bicyclic) bond motifs is 1. The van der Waals surface area contributed by atoms with Crippen molar-refractivity contribution < 1.29 is 14.3 Å². The number of anilines is 1. The molecule has 40 heavy (non-hydrogen) atoms. The number of aryl methyl sites for hydroxylation is 1. The van der Waals surface area contributed by atoms with Gasteiger partial charge in [-0.1, -0.05) is 78.9 Å². The average Bonchev–Trinajstić information content (AvgIpc) is 3.00. The first-order chi connectivity index (χ1) is 19.6. The first-order valence-corrected chi connectivity index (χ1v) is 13.8. The Hall–Kier alpha value is -4.42. The summed E-state index contributed by atoms with van der Waals surface area (Å²) in [6, 6.07) is 34.9. The van der Waals surface area contributed by atoms with Crippen LogP contribution in [0.2, 0.25) is 0 Å². The Bertz CT molecular complexity index is 1440. The maximum atomic E-state index is 13.4. The third kappa shape index (κ3) is 5.36. The van der Waals surface area contributed by atoms with Crippen LogP contribution >= 0.6 is 0 Å². The van der Waals surface area contributed by atoms with Crippen LogP contribution in [0, 0.1) is 6.92 Å². The van der Waals surface area contributed by atoms with E-state index in [9.17, 15) is 9.59 Å². The molecule has 0 aromatic heterocycles. The monoisotopic (exact) mass is 531 g/mol. The third-order valence-corrected chi connectivity index (χ3v) is 7.80. The summed E-state index contributed by atoms with van der Waals surface area (Å²) < 4.78 is 5.60. The van der Waals surface area contributed by atoms with Gasteiger partial charge in [-0.2, -0.15) is 0 Å². The molecule has 6 rings (SSSR count). The molecule has 0 aliphatic carbocycles. The summed E-state index contributed by atoms with van der Waals surface area (Å²) in [5.74, 6) is 0.698. The summed E-state index contributed by atoms with van der Waals surface area (Å²) in [6.07, 6.45) is 0. The van der Waals surface area contributed by atoms with Crippen molar-refractivity contribution >= 4 is 17.5 Å². The summed E-state index contributed by atoms with van der Waals surface area (Å²) in [6.45, 7) is 5.43. The Kier molecular flexibility index (Phi) is 7.34. The second-order valence-corrected chi connectivity index (χ2v) is 10.5. The second-order valence-electron chi connectivity index (χ2n) is 10.5. The van der Waals surface area contributed by atoms with E-state index < -0.39 is 0 Å². The molecular formula is C34H33N3O3. The molecular weight excluding hydrogens is 498 g/mol. The van der Waals surface area contributed by atoms with E-state index in [1.807, 2.05) is 66.4 Å². The molecule has 1 fully saturated rings. The lowest BCUT2D eigenvalue weighted by atomic mass is 9.96. The van der Waals surface area contributed by atoms with Gasteiger partial charge in [-0.05, 0) is 53.4 Å². The van der Waals surface area contributed by atoms with E-state index >= 15 is 0 Å². The largest absolute Gasteiger partial charge is 0.482 e. The Labute approximate surface area is 235 Å². The topological polar surface area (TPSA) is 53.1 Å². The molecule has 0 saturated carbocycles. The van der Waals surface area contributed by atoms with Crippen LogP contribution in [0.4, 0.5) is 5.69 Å². The van der Waals surface area contributed by atoms with Crippen molar-refractivity contribution in [3.8, 4) is 5.75 Å². The molecule has 0 atom stereocenters. The first kappa shape index (κ1) is 25.8. The number of amides is 2. The highest BCUT2D eigenvalue weighted by Crippen LogP contribution is 2.34. The van der Waals surface area contributed by atoms with Crippen molar-refractivity contribution in [1.82, 2.24) is 9.80 Å². The number of carbonyl (C=O) groups is 2. The molecule has 4 aromatic carbocycles. The SMILES string of the molecule is Cc1ccc2c(c1)N(Cc1ccc(C(=O)N3CCN(C(c4ccccc4)c4ccccc4)CC3)cc1)C(=O)CO2. The number of nitrogens with zero attached hydrogens (tertiary/aromatic N) is 3. The smallest absolute Gasteiger partial charge is 0.265 e. The molecule has 6 heteroatoms. The minimum absolute atomic E-state index is 0.0357. The normalized spacial score (nSPS) is 15.6. The van der Waals surface area contributed by atoms with Gasteiger partial charge in [0.2, 0.25) is 0 Å². The lowest BCUT2D eigenvalue weighted by Gasteiger charge is -2.39. The van der Waals surface area contributed by atoms with Crippen molar-refractivity contribution in [2.24, 2.45) is 0 Å². The summed E-state index contributed by atoms with van der Waals surface area (Å²) in [4.78, 5) is 32.2. The third-order valence-electron chi connectivity index (χ3n) is 7.80. The van der Waals surface area contributed by atoms with E-state index in [1.54, 1.807) is 4.90 Å². The van der Waals surface area contributed by atoms with Gasteiger partial charge in [-0.25, -0.2) is 0 Å². The van der Waals surface area contributed by atoms with Gasteiger partial charge in [0.05, 0.1) is 18.3 Å². The van der Waals surface area contributed by atoms with Crippen molar-refractivity contribution in [1.29, 1.82) is 0 Å². The van der Waals surface area contributed by atoms with Crippen LogP contribution in [0.25, 0.3) is 0 Å². The maximum absolute atomic E-state index is 13.4. The van der Waals surface area contributed by atoms with E-state index in [4.69, 9.17) is 4.74 Å². The van der Waals surface area contributed by atoms with Crippen LogP contribution in [-0.4, -0.2) is 54.4 Å². The molecule has 6 nitrogen and oxygen atoms in total. The minimum Gasteiger partial charge on any atom is -0.482 e. The van der Waals surface area contributed by atoms with Gasteiger partial charge in [-0.15, -0.1) is 0 Å². The predicted octanol–water partition coefficient (Wildman–Crippen LogP) is 5.47. The van der Waals surface area contributed by atoms with Crippen LogP contribution in [0.5, 0.6) is 5.75 Å². The highest BCUT2D eigenvalue weighted by Gasteiger charge is 2.29. The summed E-state index contributed by atoms with van der Waals surface area (Å²) >= 11 is 0. The number of ether oxygens (including phenoxy) is 1. The quantitative estimate of drug-likeness (QED) is 0.331. The molecule has 0 bridgehead atoms. The van der Waals surface area contributed by atoms with Gasteiger partial charge in [0.25, 0.3) is 11.8 Å². The molecule has 2 aliphatic rings. The first-order valence-electron chi connectivity index (χ1n) is 13.8. The Morgan fingerprint density at radius 1 is 0.800 bits per heavy atom. The highest BCUT2D eigenvalue weighted by molar-refractivity contribution is 5.98. The molecule has 0 spiro atoms. The number of hydrogen-bond donors (Lipinski definition) is 0. The Balaban J connectivity index is 1.12. The molecule has 2 amide bonds. The molecule has 202 valence electrons. The second kappa shape index (κ2) is 11.4. The van der Waals surface area contributed by atoms with E-state index in [2.05, 4.69) is 53.4 Å². The van der Waals surface area contributed by atoms with Gasteiger partial charge in [0, 0.05) is 31.7 Å². The van der Waals surface area contributed by atoms with Crippen molar-refractivity contribution in [2.45, 2.75) is 19.5 Å². The minimum atomic E-state index is -0.0690. The van der Waals surface area contributed by atoms with Crippen LogP contribution in [-0.2, 0) is 11.3 Å². The maximum Gasteiger partial charge on any atom is 0.265 e. The zero-order valence-corrected chi connectivity index (χ0v) is 22.7. The van der Waals surface area contributed by atoms with E-state index in [0.29, 0.717) is 25.2 Å². The van der Waals surface area contributed by atoms with Crippen LogP contribution in [0.3, 0.4) is 0 Å². The van der Waals surface area contributed by atoms with Crippen LogP contribution in [0.1, 0.15) is 38.7 Å². The van der Waals surface area contributed by atoms with Gasteiger partial charge in [0.1, 0.15) is 5.75 Å². The molecule has 0 radical (unpaired) electrons.